The van der Waals surface area contributed by atoms with Crippen molar-refractivity contribution < 1.29 is 23.1 Å². The molecule has 1 fully saturated rings. The number of carboxylic acids is 1. The van der Waals surface area contributed by atoms with Crippen LogP contribution in [0.3, 0.4) is 0 Å². The summed E-state index contributed by atoms with van der Waals surface area (Å²) in [5.74, 6) is -1.35. The van der Waals surface area contributed by atoms with Crippen molar-refractivity contribution in [3.05, 3.63) is 30.3 Å². The van der Waals surface area contributed by atoms with Crippen molar-refractivity contribution >= 4 is 21.9 Å². The number of sulfonamides is 1. The molecule has 1 saturated carbocycles. The zero-order valence-electron chi connectivity index (χ0n) is 12.7. The van der Waals surface area contributed by atoms with Gasteiger partial charge in [0.2, 0.25) is 15.9 Å². The van der Waals surface area contributed by atoms with Crippen LogP contribution in [-0.4, -0.2) is 37.5 Å². The number of carbonyl (C=O) groups is 2. The first-order valence-electron chi connectivity index (χ1n) is 7.39. The minimum absolute atomic E-state index is 0.0731. The van der Waals surface area contributed by atoms with E-state index in [-0.39, 0.29) is 17.2 Å². The number of benzene rings is 1. The highest BCUT2D eigenvalue weighted by atomic mass is 32.2. The molecule has 8 heteroatoms. The van der Waals surface area contributed by atoms with E-state index in [1.807, 2.05) is 0 Å². The molecule has 23 heavy (non-hydrogen) atoms. The fourth-order valence-corrected chi connectivity index (χ4v) is 3.51. The van der Waals surface area contributed by atoms with E-state index in [1.165, 1.54) is 19.1 Å². The fraction of sp³-hybridized carbons (Fsp3) is 0.467. The van der Waals surface area contributed by atoms with Gasteiger partial charge in [-0.05, 0) is 37.8 Å². The molecule has 0 heterocycles. The predicted molar refractivity (Wildman–Crippen MR) is 83.1 cm³/mol. The number of hydrogen-bond acceptors (Lipinski definition) is 4. The SMILES string of the molecule is C[C@@H](NS(=O)(=O)c1ccccc1)C(=O)N[C@H](CC(=O)O)C1CC1. The van der Waals surface area contributed by atoms with Crippen molar-refractivity contribution in [2.75, 3.05) is 0 Å². The molecule has 0 aliphatic heterocycles. The van der Waals surface area contributed by atoms with Gasteiger partial charge < -0.3 is 10.4 Å². The lowest BCUT2D eigenvalue weighted by Crippen LogP contribution is -2.49. The number of aliphatic carboxylic acids is 1. The van der Waals surface area contributed by atoms with E-state index in [0.717, 1.165) is 12.8 Å². The highest BCUT2D eigenvalue weighted by Gasteiger charge is 2.35. The predicted octanol–water partition coefficient (Wildman–Crippen LogP) is 0.723. The summed E-state index contributed by atoms with van der Waals surface area (Å²) in [6, 6.07) is 6.31. The van der Waals surface area contributed by atoms with E-state index < -0.39 is 34.0 Å². The lowest BCUT2D eigenvalue weighted by molar-refractivity contribution is -0.138. The van der Waals surface area contributed by atoms with Gasteiger partial charge in [-0.1, -0.05) is 18.2 Å². The Morgan fingerprint density at radius 2 is 1.87 bits per heavy atom. The summed E-state index contributed by atoms with van der Waals surface area (Å²) in [4.78, 5) is 23.1. The molecule has 7 nitrogen and oxygen atoms in total. The standard InChI is InChI=1S/C15H20N2O5S/c1-10(17-23(21,22)12-5-3-2-4-6-12)15(20)16-13(9-14(18)19)11-7-8-11/h2-6,10-11,13,17H,7-9H2,1H3,(H,16,20)(H,18,19)/t10-,13-/m1/s1. The zero-order chi connectivity index (χ0) is 17.0. The first-order valence-corrected chi connectivity index (χ1v) is 8.87. The molecule has 1 aliphatic rings. The minimum atomic E-state index is -3.80. The molecule has 2 atom stereocenters. The Morgan fingerprint density at radius 3 is 2.39 bits per heavy atom. The molecule has 126 valence electrons. The number of carbonyl (C=O) groups excluding carboxylic acids is 1. The maximum Gasteiger partial charge on any atom is 0.305 e. The molecule has 0 saturated heterocycles. The Morgan fingerprint density at radius 1 is 1.26 bits per heavy atom. The van der Waals surface area contributed by atoms with E-state index >= 15 is 0 Å². The van der Waals surface area contributed by atoms with Crippen LogP contribution >= 0.6 is 0 Å². The maximum absolute atomic E-state index is 12.2. The van der Waals surface area contributed by atoms with E-state index in [1.54, 1.807) is 18.2 Å². The van der Waals surface area contributed by atoms with Crippen LogP contribution in [0.2, 0.25) is 0 Å². The van der Waals surface area contributed by atoms with Crippen LogP contribution in [0, 0.1) is 5.92 Å². The Kier molecular flexibility index (Phi) is 5.38. The molecule has 0 radical (unpaired) electrons. The monoisotopic (exact) mass is 340 g/mol. The first-order chi connectivity index (χ1) is 10.8. The molecule has 1 aliphatic carbocycles. The summed E-state index contributed by atoms with van der Waals surface area (Å²) >= 11 is 0. The van der Waals surface area contributed by atoms with E-state index in [9.17, 15) is 18.0 Å². The molecule has 1 aromatic carbocycles. The Labute approximate surface area is 135 Å². The molecule has 3 N–H and O–H groups in total. The number of nitrogens with one attached hydrogen (secondary N) is 2. The average Bonchev–Trinajstić information content (AvgIpc) is 3.31. The van der Waals surface area contributed by atoms with Crippen LogP contribution < -0.4 is 10.0 Å². The second kappa shape index (κ2) is 7.10. The van der Waals surface area contributed by atoms with Crippen molar-refractivity contribution in [3.63, 3.8) is 0 Å². The topological polar surface area (TPSA) is 113 Å². The van der Waals surface area contributed by atoms with Crippen LogP contribution in [0.1, 0.15) is 26.2 Å². The van der Waals surface area contributed by atoms with Crippen molar-refractivity contribution in [3.8, 4) is 0 Å². The molecule has 0 spiro atoms. The molecule has 1 aromatic rings. The first kappa shape index (κ1) is 17.4. The van der Waals surface area contributed by atoms with Crippen LogP contribution in [0.15, 0.2) is 35.2 Å². The van der Waals surface area contributed by atoms with Crippen molar-refractivity contribution in [2.45, 2.75) is 43.2 Å². The quantitative estimate of drug-likeness (QED) is 0.645. The number of carboxylic acid groups (broad SMARTS) is 1. The fourth-order valence-electron chi connectivity index (χ4n) is 2.28. The third-order valence-corrected chi connectivity index (χ3v) is 5.25. The van der Waals surface area contributed by atoms with Gasteiger partial charge in [0.05, 0.1) is 17.4 Å². The van der Waals surface area contributed by atoms with Gasteiger partial charge in [0, 0.05) is 6.04 Å². The lowest BCUT2D eigenvalue weighted by Gasteiger charge is -2.20. The molecule has 0 bridgehead atoms. The summed E-state index contributed by atoms with van der Waals surface area (Å²) in [5.41, 5.74) is 0. The second-order valence-electron chi connectivity index (χ2n) is 5.71. The van der Waals surface area contributed by atoms with Crippen LogP contribution in [-0.2, 0) is 19.6 Å². The van der Waals surface area contributed by atoms with Crippen LogP contribution in [0.5, 0.6) is 0 Å². The van der Waals surface area contributed by atoms with Crippen LogP contribution in [0.4, 0.5) is 0 Å². The highest BCUT2D eigenvalue weighted by molar-refractivity contribution is 7.89. The summed E-state index contributed by atoms with van der Waals surface area (Å²) in [5, 5.41) is 11.5. The van der Waals surface area contributed by atoms with Gasteiger partial charge in [0.15, 0.2) is 0 Å². The smallest absolute Gasteiger partial charge is 0.305 e. The van der Waals surface area contributed by atoms with Crippen molar-refractivity contribution in [1.82, 2.24) is 10.0 Å². The van der Waals surface area contributed by atoms with E-state index in [2.05, 4.69) is 10.0 Å². The van der Waals surface area contributed by atoms with E-state index in [0.29, 0.717) is 0 Å². The zero-order valence-corrected chi connectivity index (χ0v) is 13.5. The van der Waals surface area contributed by atoms with Gasteiger partial charge >= 0.3 is 5.97 Å². The average molecular weight is 340 g/mol. The van der Waals surface area contributed by atoms with Crippen molar-refractivity contribution in [2.24, 2.45) is 5.92 Å². The highest BCUT2D eigenvalue weighted by Crippen LogP contribution is 2.34. The van der Waals surface area contributed by atoms with E-state index in [4.69, 9.17) is 5.11 Å². The molecule has 1 amide bonds. The van der Waals surface area contributed by atoms with Gasteiger partial charge in [0.1, 0.15) is 0 Å². The van der Waals surface area contributed by atoms with Gasteiger partial charge in [-0.2, -0.15) is 4.72 Å². The molecular weight excluding hydrogens is 320 g/mol. The molecular formula is C15H20N2O5S. The third kappa shape index (κ3) is 5.04. The Hall–Kier alpha value is -1.93. The van der Waals surface area contributed by atoms with Gasteiger partial charge in [0.25, 0.3) is 0 Å². The van der Waals surface area contributed by atoms with Gasteiger partial charge in [-0.25, -0.2) is 8.42 Å². The largest absolute Gasteiger partial charge is 0.481 e. The minimum Gasteiger partial charge on any atom is -0.481 e. The third-order valence-electron chi connectivity index (χ3n) is 3.69. The summed E-state index contributed by atoms with van der Waals surface area (Å²) < 4.78 is 26.6. The molecule has 2 rings (SSSR count). The summed E-state index contributed by atoms with van der Waals surface area (Å²) in [7, 11) is -3.80. The number of rotatable bonds is 8. The number of amides is 1. The van der Waals surface area contributed by atoms with Gasteiger partial charge in [-0.15, -0.1) is 0 Å². The Balaban J connectivity index is 1.98. The van der Waals surface area contributed by atoms with Gasteiger partial charge in [-0.3, -0.25) is 9.59 Å². The normalized spacial score (nSPS) is 17.3. The second-order valence-corrected chi connectivity index (χ2v) is 7.42. The number of hydrogen-bond donors (Lipinski definition) is 3. The summed E-state index contributed by atoms with van der Waals surface area (Å²) in [6.45, 7) is 1.43. The molecule has 0 aromatic heterocycles. The lowest BCUT2D eigenvalue weighted by atomic mass is 10.1. The van der Waals surface area contributed by atoms with Crippen LogP contribution in [0.25, 0.3) is 0 Å². The molecule has 0 unspecified atom stereocenters. The summed E-state index contributed by atoms with van der Waals surface area (Å²) in [6.07, 6.45) is 1.60. The maximum atomic E-state index is 12.2. The van der Waals surface area contributed by atoms with Crippen molar-refractivity contribution in [1.29, 1.82) is 0 Å². The Bertz CT molecular complexity index is 670.